The highest BCUT2D eigenvalue weighted by atomic mass is 16.5. The number of carbonyl (C=O) groups is 1. The predicted molar refractivity (Wildman–Crippen MR) is 105 cm³/mol. The first-order valence-corrected chi connectivity index (χ1v) is 9.06. The van der Waals surface area contributed by atoms with Crippen LogP contribution in [0, 0.1) is 6.92 Å². The lowest BCUT2D eigenvalue weighted by Crippen LogP contribution is -2.26. The Morgan fingerprint density at radius 2 is 1.67 bits per heavy atom. The highest BCUT2D eigenvalue weighted by Crippen LogP contribution is 2.25. The highest BCUT2D eigenvalue weighted by molar-refractivity contribution is 5.94. The van der Waals surface area contributed by atoms with Crippen molar-refractivity contribution < 1.29 is 9.32 Å². The average Bonchev–Trinajstić information content (AvgIpc) is 3.12. The third kappa shape index (κ3) is 4.42. The summed E-state index contributed by atoms with van der Waals surface area (Å²) < 4.78 is 5.36. The summed E-state index contributed by atoms with van der Waals surface area (Å²) in [4.78, 5) is 16.8. The molecule has 0 radical (unpaired) electrons. The molecule has 0 aliphatic rings. The third-order valence-electron chi connectivity index (χ3n) is 4.48. The largest absolute Gasteiger partial charge is 0.341 e. The summed E-state index contributed by atoms with van der Waals surface area (Å²) in [6.45, 7) is 10.3. The van der Waals surface area contributed by atoms with Gasteiger partial charge in [0.25, 0.3) is 5.91 Å². The molecule has 140 valence electrons. The Labute approximate surface area is 159 Å². The van der Waals surface area contributed by atoms with E-state index in [1.807, 2.05) is 38.1 Å². The lowest BCUT2D eigenvalue weighted by atomic mass is 9.87. The number of rotatable bonds is 4. The van der Waals surface area contributed by atoms with E-state index in [-0.39, 0.29) is 17.4 Å². The van der Waals surface area contributed by atoms with Gasteiger partial charge in [0.1, 0.15) is 6.04 Å². The smallest absolute Gasteiger partial charge is 0.251 e. The first-order valence-electron chi connectivity index (χ1n) is 9.06. The lowest BCUT2D eigenvalue weighted by molar-refractivity contribution is 0.0932. The minimum absolute atomic E-state index is 0.0930. The van der Waals surface area contributed by atoms with Gasteiger partial charge in [0.15, 0.2) is 0 Å². The SMILES string of the molecule is Cc1ccc(C(=O)N[C@H](C)c2nc(-c3ccc(C(C)(C)C)cc3)no2)cc1. The lowest BCUT2D eigenvalue weighted by Gasteiger charge is -2.18. The van der Waals surface area contributed by atoms with E-state index in [4.69, 9.17) is 4.52 Å². The summed E-state index contributed by atoms with van der Waals surface area (Å²) in [5.74, 6) is 0.726. The first-order chi connectivity index (χ1) is 12.7. The molecule has 1 heterocycles. The Balaban J connectivity index is 1.71. The van der Waals surface area contributed by atoms with Crippen molar-refractivity contribution in [2.45, 2.75) is 46.1 Å². The van der Waals surface area contributed by atoms with Gasteiger partial charge in [0.05, 0.1) is 0 Å². The second kappa shape index (κ2) is 7.35. The van der Waals surface area contributed by atoms with Crippen LogP contribution in [0.3, 0.4) is 0 Å². The summed E-state index contributed by atoms with van der Waals surface area (Å²) in [7, 11) is 0. The highest BCUT2D eigenvalue weighted by Gasteiger charge is 2.19. The van der Waals surface area contributed by atoms with Gasteiger partial charge in [-0.05, 0) is 37.0 Å². The van der Waals surface area contributed by atoms with Gasteiger partial charge in [0, 0.05) is 11.1 Å². The number of aromatic nitrogens is 2. The van der Waals surface area contributed by atoms with E-state index in [1.165, 1.54) is 5.56 Å². The van der Waals surface area contributed by atoms with Crippen LogP contribution < -0.4 is 5.32 Å². The Morgan fingerprint density at radius 1 is 1.04 bits per heavy atom. The molecule has 1 N–H and O–H groups in total. The maximum Gasteiger partial charge on any atom is 0.251 e. The summed E-state index contributed by atoms with van der Waals surface area (Å²) in [5.41, 5.74) is 3.93. The average molecular weight is 363 g/mol. The zero-order chi connectivity index (χ0) is 19.6. The molecule has 0 saturated heterocycles. The normalized spacial score (nSPS) is 12.6. The van der Waals surface area contributed by atoms with Crippen LogP contribution in [0.25, 0.3) is 11.4 Å². The van der Waals surface area contributed by atoms with Gasteiger partial charge in [-0.2, -0.15) is 4.98 Å². The molecule has 0 bridgehead atoms. The van der Waals surface area contributed by atoms with Crippen molar-refractivity contribution in [3.63, 3.8) is 0 Å². The standard InChI is InChI=1S/C22H25N3O2/c1-14-6-8-17(9-7-14)20(26)23-15(2)21-24-19(25-27-21)16-10-12-18(13-11-16)22(3,4)5/h6-13,15H,1-5H3,(H,23,26)/t15-/m1/s1. The molecule has 0 aliphatic heterocycles. The molecule has 5 nitrogen and oxygen atoms in total. The van der Waals surface area contributed by atoms with Crippen molar-refractivity contribution in [2.75, 3.05) is 0 Å². The van der Waals surface area contributed by atoms with Crippen molar-refractivity contribution >= 4 is 5.91 Å². The molecule has 0 unspecified atom stereocenters. The molecule has 0 aliphatic carbocycles. The summed E-state index contributed by atoms with van der Waals surface area (Å²) >= 11 is 0. The van der Waals surface area contributed by atoms with E-state index >= 15 is 0 Å². The fourth-order valence-corrected chi connectivity index (χ4v) is 2.69. The minimum Gasteiger partial charge on any atom is -0.341 e. The molecule has 1 atom stereocenters. The van der Waals surface area contributed by atoms with E-state index < -0.39 is 0 Å². The molecule has 5 heteroatoms. The van der Waals surface area contributed by atoms with E-state index in [2.05, 4.69) is 48.4 Å². The Hall–Kier alpha value is -2.95. The molecule has 0 saturated carbocycles. The molecule has 2 aromatic carbocycles. The molecule has 0 fully saturated rings. The quantitative estimate of drug-likeness (QED) is 0.720. The third-order valence-corrected chi connectivity index (χ3v) is 4.48. The number of amides is 1. The number of benzene rings is 2. The van der Waals surface area contributed by atoms with Crippen LogP contribution in [-0.2, 0) is 5.41 Å². The molecule has 27 heavy (non-hydrogen) atoms. The second-order valence-electron chi connectivity index (χ2n) is 7.84. The van der Waals surface area contributed by atoms with E-state index in [9.17, 15) is 4.79 Å². The zero-order valence-corrected chi connectivity index (χ0v) is 16.4. The molecule has 3 aromatic rings. The maximum atomic E-state index is 12.3. The van der Waals surface area contributed by atoms with Crippen molar-refractivity contribution in [3.8, 4) is 11.4 Å². The number of nitrogens with one attached hydrogen (secondary N) is 1. The monoisotopic (exact) mass is 363 g/mol. The molecule has 0 spiro atoms. The van der Waals surface area contributed by atoms with Crippen LogP contribution in [0.2, 0.25) is 0 Å². The molecular weight excluding hydrogens is 338 g/mol. The molecular formula is C22H25N3O2. The maximum absolute atomic E-state index is 12.3. The van der Waals surface area contributed by atoms with Crippen molar-refractivity contribution in [2.24, 2.45) is 0 Å². The van der Waals surface area contributed by atoms with Gasteiger partial charge in [-0.3, -0.25) is 4.79 Å². The van der Waals surface area contributed by atoms with Crippen molar-refractivity contribution in [1.29, 1.82) is 0 Å². The van der Waals surface area contributed by atoms with Gasteiger partial charge in [0.2, 0.25) is 11.7 Å². The number of aryl methyl sites for hydroxylation is 1. The van der Waals surface area contributed by atoms with Crippen LogP contribution in [0.1, 0.15) is 61.1 Å². The van der Waals surface area contributed by atoms with Crippen LogP contribution in [-0.4, -0.2) is 16.0 Å². The number of nitrogens with zero attached hydrogens (tertiary/aromatic N) is 2. The van der Waals surface area contributed by atoms with Crippen LogP contribution in [0.5, 0.6) is 0 Å². The van der Waals surface area contributed by atoms with E-state index in [0.717, 1.165) is 11.1 Å². The fraction of sp³-hybridized carbons (Fsp3) is 0.318. The van der Waals surface area contributed by atoms with Gasteiger partial charge in [-0.25, -0.2) is 0 Å². The molecule has 3 rings (SSSR count). The predicted octanol–water partition coefficient (Wildman–Crippen LogP) is 4.83. The van der Waals surface area contributed by atoms with E-state index in [0.29, 0.717) is 17.3 Å². The molecule has 1 amide bonds. The number of carbonyl (C=O) groups excluding carboxylic acids is 1. The van der Waals surface area contributed by atoms with Crippen molar-refractivity contribution in [1.82, 2.24) is 15.5 Å². The van der Waals surface area contributed by atoms with Crippen LogP contribution >= 0.6 is 0 Å². The first kappa shape index (κ1) is 18.8. The molecule has 1 aromatic heterocycles. The van der Waals surface area contributed by atoms with E-state index in [1.54, 1.807) is 12.1 Å². The fourth-order valence-electron chi connectivity index (χ4n) is 2.69. The summed E-state index contributed by atoms with van der Waals surface area (Å²) in [6.07, 6.45) is 0. The zero-order valence-electron chi connectivity index (χ0n) is 16.4. The summed E-state index contributed by atoms with van der Waals surface area (Å²) in [6, 6.07) is 15.2. The van der Waals surface area contributed by atoms with Crippen LogP contribution in [0.4, 0.5) is 0 Å². The number of hydrogen-bond acceptors (Lipinski definition) is 4. The second-order valence-corrected chi connectivity index (χ2v) is 7.84. The van der Waals surface area contributed by atoms with Crippen LogP contribution in [0.15, 0.2) is 53.1 Å². The van der Waals surface area contributed by atoms with Gasteiger partial charge in [-0.1, -0.05) is 67.9 Å². The Morgan fingerprint density at radius 3 is 2.26 bits per heavy atom. The minimum atomic E-state index is -0.381. The van der Waals surface area contributed by atoms with Gasteiger partial charge in [-0.15, -0.1) is 0 Å². The van der Waals surface area contributed by atoms with Gasteiger partial charge >= 0.3 is 0 Å². The summed E-state index contributed by atoms with van der Waals surface area (Å²) in [5, 5.41) is 6.94. The van der Waals surface area contributed by atoms with Crippen molar-refractivity contribution in [3.05, 3.63) is 71.1 Å². The topological polar surface area (TPSA) is 68.0 Å². The Bertz CT molecular complexity index is 919. The van der Waals surface area contributed by atoms with Gasteiger partial charge < -0.3 is 9.84 Å². The number of hydrogen-bond donors (Lipinski definition) is 1. The Kier molecular flexibility index (Phi) is 5.13.